The van der Waals surface area contributed by atoms with Crippen LogP contribution in [-0.2, 0) is 9.53 Å². The average Bonchev–Trinajstić information content (AvgIpc) is 2.78. The van der Waals surface area contributed by atoms with Gasteiger partial charge in [0.25, 0.3) is 5.69 Å². The Kier molecular flexibility index (Phi) is 6.94. The largest absolute Gasteiger partial charge is 0.493 e. The molecule has 1 atom stereocenters. The van der Waals surface area contributed by atoms with Gasteiger partial charge in [-0.2, -0.15) is 0 Å². The van der Waals surface area contributed by atoms with Gasteiger partial charge < -0.3 is 19.5 Å². The first-order valence-corrected chi connectivity index (χ1v) is 10.2. The summed E-state index contributed by atoms with van der Waals surface area (Å²) in [5.74, 6) is -0.118. The highest BCUT2D eigenvalue weighted by atomic mass is 32.1. The lowest BCUT2D eigenvalue weighted by atomic mass is 9.93. The molecule has 0 fully saturated rings. The molecule has 9 nitrogen and oxygen atoms in total. The van der Waals surface area contributed by atoms with Crippen LogP contribution >= 0.6 is 12.2 Å². The molecule has 0 aliphatic carbocycles. The zero-order chi connectivity index (χ0) is 23.4. The Labute approximate surface area is 190 Å². The zero-order valence-electron chi connectivity index (χ0n) is 18.1. The van der Waals surface area contributed by atoms with Crippen molar-refractivity contribution in [3.05, 3.63) is 69.4 Å². The highest BCUT2D eigenvalue weighted by Gasteiger charge is 2.39. The molecule has 0 saturated carbocycles. The number of rotatable bonds is 7. The number of carbonyl (C=O) groups is 1. The van der Waals surface area contributed by atoms with Crippen molar-refractivity contribution in [3.63, 3.8) is 0 Å². The molecule has 2 aromatic rings. The number of anilines is 1. The van der Waals surface area contributed by atoms with Crippen LogP contribution < -0.4 is 19.7 Å². The Balaban J connectivity index is 2.26. The molecule has 2 aromatic carbocycles. The number of nitrogens with zero attached hydrogens (tertiary/aromatic N) is 2. The smallest absolute Gasteiger partial charge is 0.338 e. The molecule has 168 valence electrons. The summed E-state index contributed by atoms with van der Waals surface area (Å²) in [6.45, 7) is 3.57. The lowest BCUT2D eigenvalue weighted by Gasteiger charge is -2.37. The van der Waals surface area contributed by atoms with Gasteiger partial charge in [-0.05, 0) is 44.3 Å². The molecule has 0 spiro atoms. The molecule has 0 radical (unpaired) electrons. The van der Waals surface area contributed by atoms with E-state index in [-0.39, 0.29) is 40.0 Å². The Morgan fingerprint density at radius 1 is 1.19 bits per heavy atom. The second-order valence-corrected chi connectivity index (χ2v) is 7.18. The number of benzene rings is 2. The predicted molar refractivity (Wildman–Crippen MR) is 123 cm³/mol. The maximum Gasteiger partial charge on any atom is 0.338 e. The van der Waals surface area contributed by atoms with Crippen LogP contribution in [0.15, 0.2) is 53.7 Å². The maximum absolute atomic E-state index is 13.0. The molecule has 32 heavy (non-hydrogen) atoms. The number of esters is 1. The highest BCUT2D eigenvalue weighted by Crippen LogP contribution is 2.42. The number of para-hydroxylation sites is 1. The number of methoxy groups -OCH3 is 2. The lowest BCUT2D eigenvalue weighted by molar-refractivity contribution is -0.385. The first kappa shape index (κ1) is 23.0. The molecule has 0 aromatic heterocycles. The van der Waals surface area contributed by atoms with Gasteiger partial charge in [0.05, 0.1) is 49.0 Å². The van der Waals surface area contributed by atoms with Crippen LogP contribution in [0.3, 0.4) is 0 Å². The minimum Gasteiger partial charge on any atom is -0.493 e. The van der Waals surface area contributed by atoms with Crippen LogP contribution in [0.2, 0.25) is 0 Å². The summed E-state index contributed by atoms with van der Waals surface area (Å²) in [4.78, 5) is 26.1. The summed E-state index contributed by atoms with van der Waals surface area (Å²) in [7, 11) is 2.82. The third-order valence-corrected chi connectivity index (χ3v) is 5.34. The predicted octanol–water partition coefficient (Wildman–Crippen LogP) is 3.88. The van der Waals surface area contributed by atoms with Crippen LogP contribution in [0, 0.1) is 10.1 Å². The second-order valence-electron chi connectivity index (χ2n) is 6.80. The third-order valence-electron chi connectivity index (χ3n) is 5.04. The monoisotopic (exact) mass is 457 g/mol. The minimum absolute atomic E-state index is 0.145. The standard InChI is InChI=1S/C22H23N3O6S/c1-5-31-21(26)19-13(2)24(14-9-7-6-8-10-14)22(32)23-20(19)15-11-17(29-3)18(30-4)12-16(15)25(27)28/h6-12,20H,5H2,1-4H3,(H,23,32)/t20-/m1/s1. The number of carbonyl (C=O) groups excluding carboxylic acids is 1. The van der Waals surface area contributed by atoms with E-state index in [1.54, 1.807) is 18.7 Å². The fourth-order valence-electron chi connectivity index (χ4n) is 3.61. The van der Waals surface area contributed by atoms with Crippen molar-refractivity contribution in [1.82, 2.24) is 5.32 Å². The first-order chi connectivity index (χ1) is 15.3. The highest BCUT2D eigenvalue weighted by molar-refractivity contribution is 7.80. The van der Waals surface area contributed by atoms with Gasteiger partial charge >= 0.3 is 5.97 Å². The quantitative estimate of drug-likeness (QED) is 0.287. The topological polar surface area (TPSA) is 103 Å². The molecule has 1 aliphatic heterocycles. The van der Waals surface area contributed by atoms with Gasteiger partial charge in [0.15, 0.2) is 16.6 Å². The van der Waals surface area contributed by atoms with E-state index in [1.807, 2.05) is 30.3 Å². The Morgan fingerprint density at radius 3 is 2.38 bits per heavy atom. The first-order valence-electron chi connectivity index (χ1n) is 9.77. The summed E-state index contributed by atoms with van der Waals surface area (Å²) in [6, 6.07) is 11.1. The van der Waals surface area contributed by atoms with Crippen molar-refractivity contribution in [2.45, 2.75) is 19.9 Å². The minimum atomic E-state index is -0.929. The molecule has 10 heteroatoms. The van der Waals surface area contributed by atoms with Crippen LogP contribution in [0.5, 0.6) is 11.5 Å². The number of nitro groups is 1. The van der Waals surface area contributed by atoms with Gasteiger partial charge in [0.2, 0.25) is 0 Å². The van der Waals surface area contributed by atoms with Crippen LogP contribution in [0.4, 0.5) is 11.4 Å². The van der Waals surface area contributed by atoms with Crippen LogP contribution in [0.25, 0.3) is 0 Å². The van der Waals surface area contributed by atoms with Gasteiger partial charge in [-0.15, -0.1) is 0 Å². The average molecular weight is 458 g/mol. The van der Waals surface area contributed by atoms with Crippen LogP contribution in [-0.4, -0.2) is 36.8 Å². The third kappa shape index (κ3) is 4.22. The SMILES string of the molecule is CCOC(=O)C1=C(C)N(c2ccccc2)C(=S)N[C@@H]1c1cc(OC)c(OC)cc1[N+](=O)[O-]. The summed E-state index contributed by atoms with van der Waals surface area (Å²) < 4.78 is 15.8. The normalized spacial score (nSPS) is 15.8. The van der Waals surface area contributed by atoms with Crippen molar-refractivity contribution < 1.29 is 23.9 Å². The van der Waals surface area contributed by atoms with Crippen molar-refractivity contribution >= 4 is 34.7 Å². The van der Waals surface area contributed by atoms with Crippen molar-refractivity contribution in [1.29, 1.82) is 0 Å². The number of nitro benzene ring substituents is 1. The molecule has 1 heterocycles. The summed E-state index contributed by atoms with van der Waals surface area (Å²) in [5.41, 5.74) is 1.41. The number of allylic oxidation sites excluding steroid dienone is 1. The number of ether oxygens (including phenoxy) is 3. The molecule has 0 saturated heterocycles. The fourth-order valence-corrected chi connectivity index (χ4v) is 3.97. The molecule has 1 N–H and O–H groups in total. The Morgan fingerprint density at radius 2 is 1.81 bits per heavy atom. The van der Waals surface area contributed by atoms with E-state index in [1.165, 1.54) is 26.4 Å². The van der Waals surface area contributed by atoms with E-state index in [0.29, 0.717) is 5.70 Å². The van der Waals surface area contributed by atoms with Gasteiger partial charge in [-0.1, -0.05) is 18.2 Å². The summed E-state index contributed by atoms with van der Waals surface area (Å²) in [5, 5.41) is 15.3. The van der Waals surface area contributed by atoms with E-state index >= 15 is 0 Å². The molecule has 3 rings (SSSR count). The fraction of sp³-hybridized carbons (Fsp3) is 0.273. The van der Waals surface area contributed by atoms with E-state index < -0.39 is 16.9 Å². The summed E-state index contributed by atoms with van der Waals surface area (Å²) >= 11 is 5.59. The molecule has 0 unspecified atom stereocenters. The number of nitrogens with one attached hydrogen (secondary N) is 1. The Bertz CT molecular complexity index is 1090. The number of thiocarbonyl (C=S) groups is 1. The van der Waals surface area contributed by atoms with Crippen molar-refractivity contribution in [2.24, 2.45) is 0 Å². The van der Waals surface area contributed by atoms with Gasteiger partial charge in [-0.3, -0.25) is 15.0 Å². The van der Waals surface area contributed by atoms with E-state index in [9.17, 15) is 14.9 Å². The van der Waals surface area contributed by atoms with Crippen molar-refractivity contribution in [2.75, 3.05) is 25.7 Å². The molecule has 0 amide bonds. The van der Waals surface area contributed by atoms with Gasteiger partial charge in [0.1, 0.15) is 0 Å². The van der Waals surface area contributed by atoms with Gasteiger partial charge in [-0.25, -0.2) is 4.79 Å². The van der Waals surface area contributed by atoms with E-state index in [2.05, 4.69) is 5.32 Å². The number of hydrogen-bond donors (Lipinski definition) is 1. The molecule has 1 aliphatic rings. The lowest BCUT2D eigenvalue weighted by Crippen LogP contribution is -2.48. The Hall–Kier alpha value is -3.66. The van der Waals surface area contributed by atoms with Crippen LogP contribution in [0.1, 0.15) is 25.5 Å². The second kappa shape index (κ2) is 9.65. The zero-order valence-corrected chi connectivity index (χ0v) is 18.9. The molecular formula is C22H23N3O6S. The van der Waals surface area contributed by atoms with Crippen molar-refractivity contribution in [3.8, 4) is 11.5 Å². The summed E-state index contributed by atoms with van der Waals surface area (Å²) in [6.07, 6.45) is 0. The van der Waals surface area contributed by atoms with Gasteiger partial charge in [0, 0.05) is 11.4 Å². The van der Waals surface area contributed by atoms with E-state index in [0.717, 1.165) is 5.69 Å². The molecular weight excluding hydrogens is 434 g/mol. The molecule has 0 bridgehead atoms. The van der Waals surface area contributed by atoms with E-state index in [4.69, 9.17) is 26.4 Å². The maximum atomic E-state index is 13.0. The number of hydrogen-bond acceptors (Lipinski definition) is 7.